The number of hydrogen-bond donors (Lipinski definition) is 0. The number of halogens is 1. The van der Waals surface area contributed by atoms with Crippen molar-refractivity contribution in [2.75, 3.05) is 12.9 Å². The van der Waals surface area contributed by atoms with Gasteiger partial charge in [0, 0.05) is 11.3 Å². The van der Waals surface area contributed by atoms with Crippen molar-refractivity contribution in [3.05, 3.63) is 22.7 Å². The fourth-order valence-electron chi connectivity index (χ4n) is 1.65. The molecule has 0 saturated carbocycles. The Labute approximate surface area is 109 Å². The molecule has 0 radical (unpaired) electrons. The van der Waals surface area contributed by atoms with Crippen LogP contribution in [0.25, 0.3) is 0 Å². The molecule has 1 fully saturated rings. The standard InChI is InChI=1S/C12H15BrO2S/c1-16-9-5-6-10(13)11(8-9)15-12-4-2-3-7-14-12/h5-6,8,12H,2-4,7H2,1H3. The van der Waals surface area contributed by atoms with Crippen molar-refractivity contribution < 1.29 is 9.47 Å². The minimum atomic E-state index is -0.0813. The van der Waals surface area contributed by atoms with Crippen LogP contribution in [0.15, 0.2) is 27.6 Å². The van der Waals surface area contributed by atoms with Crippen LogP contribution in [0.5, 0.6) is 5.75 Å². The molecule has 1 aromatic rings. The molecule has 1 saturated heterocycles. The van der Waals surface area contributed by atoms with Crippen LogP contribution in [0.2, 0.25) is 0 Å². The molecule has 2 rings (SSSR count). The lowest BCUT2D eigenvalue weighted by molar-refractivity contribution is -0.106. The van der Waals surface area contributed by atoms with Crippen LogP contribution in [-0.2, 0) is 4.74 Å². The van der Waals surface area contributed by atoms with Crippen LogP contribution >= 0.6 is 27.7 Å². The lowest BCUT2D eigenvalue weighted by atomic mass is 10.2. The molecule has 16 heavy (non-hydrogen) atoms. The van der Waals surface area contributed by atoms with Gasteiger partial charge in [0.1, 0.15) is 5.75 Å². The van der Waals surface area contributed by atoms with Gasteiger partial charge in [-0.1, -0.05) is 0 Å². The fourth-order valence-corrected chi connectivity index (χ4v) is 2.42. The summed E-state index contributed by atoms with van der Waals surface area (Å²) in [6, 6.07) is 6.14. The van der Waals surface area contributed by atoms with Crippen LogP contribution < -0.4 is 4.74 Å². The molecule has 0 N–H and O–H groups in total. The van der Waals surface area contributed by atoms with Crippen molar-refractivity contribution in [3.8, 4) is 5.75 Å². The first-order valence-electron chi connectivity index (χ1n) is 5.41. The minimum Gasteiger partial charge on any atom is -0.464 e. The first-order chi connectivity index (χ1) is 7.79. The van der Waals surface area contributed by atoms with Gasteiger partial charge >= 0.3 is 0 Å². The molecule has 0 aromatic heterocycles. The monoisotopic (exact) mass is 302 g/mol. The zero-order chi connectivity index (χ0) is 11.4. The van der Waals surface area contributed by atoms with Crippen molar-refractivity contribution >= 4 is 27.7 Å². The Kier molecular flexibility index (Phi) is 4.55. The maximum absolute atomic E-state index is 5.85. The van der Waals surface area contributed by atoms with Gasteiger partial charge in [-0.3, -0.25) is 0 Å². The zero-order valence-corrected chi connectivity index (χ0v) is 11.6. The minimum absolute atomic E-state index is 0.0813. The molecule has 1 heterocycles. The molecular formula is C12H15BrO2S. The SMILES string of the molecule is CSc1ccc(Br)c(OC2CCCCO2)c1. The number of ether oxygens (including phenoxy) is 2. The van der Waals surface area contributed by atoms with Gasteiger partial charge in [0.15, 0.2) is 6.29 Å². The van der Waals surface area contributed by atoms with Gasteiger partial charge in [-0.05, 0) is 53.2 Å². The highest BCUT2D eigenvalue weighted by molar-refractivity contribution is 9.10. The molecule has 1 aliphatic rings. The van der Waals surface area contributed by atoms with E-state index in [0.29, 0.717) is 0 Å². The van der Waals surface area contributed by atoms with Crippen LogP contribution in [0.1, 0.15) is 19.3 Å². The summed E-state index contributed by atoms with van der Waals surface area (Å²) < 4.78 is 12.4. The quantitative estimate of drug-likeness (QED) is 0.784. The lowest BCUT2D eigenvalue weighted by Gasteiger charge is -2.24. The van der Waals surface area contributed by atoms with Crippen molar-refractivity contribution in [2.45, 2.75) is 30.4 Å². The van der Waals surface area contributed by atoms with Gasteiger partial charge in [0.2, 0.25) is 0 Å². The van der Waals surface area contributed by atoms with E-state index in [0.717, 1.165) is 29.7 Å². The van der Waals surface area contributed by atoms with Crippen LogP contribution in [0.4, 0.5) is 0 Å². The van der Waals surface area contributed by atoms with E-state index >= 15 is 0 Å². The third-order valence-corrected chi connectivity index (χ3v) is 3.92. The summed E-state index contributed by atoms with van der Waals surface area (Å²) in [6.45, 7) is 0.810. The predicted octanol–water partition coefficient (Wildman–Crippen LogP) is 4.08. The molecule has 2 nitrogen and oxygen atoms in total. The maximum Gasteiger partial charge on any atom is 0.199 e. The molecule has 1 atom stereocenters. The highest BCUT2D eigenvalue weighted by atomic mass is 79.9. The largest absolute Gasteiger partial charge is 0.464 e. The molecule has 1 aliphatic heterocycles. The lowest BCUT2D eigenvalue weighted by Crippen LogP contribution is -2.25. The van der Waals surface area contributed by atoms with Crippen LogP contribution in [0, 0.1) is 0 Å². The fraction of sp³-hybridized carbons (Fsp3) is 0.500. The van der Waals surface area contributed by atoms with E-state index in [2.05, 4.69) is 28.3 Å². The molecule has 88 valence electrons. The summed E-state index contributed by atoms with van der Waals surface area (Å²) in [5.74, 6) is 0.874. The molecule has 0 bridgehead atoms. The normalized spacial score (nSPS) is 20.8. The van der Waals surface area contributed by atoms with Gasteiger partial charge in [-0.25, -0.2) is 0 Å². The van der Waals surface area contributed by atoms with Gasteiger partial charge < -0.3 is 9.47 Å². The van der Waals surface area contributed by atoms with E-state index in [-0.39, 0.29) is 6.29 Å². The Bertz CT molecular complexity index is 351. The highest BCUT2D eigenvalue weighted by Crippen LogP contribution is 2.31. The third-order valence-electron chi connectivity index (χ3n) is 2.53. The summed E-state index contributed by atoms with van der Waals surface area (Å²) in [4.78, 5) is 1.20. The Morgan fingerprint density at radius 3 is 3.00 bits per heavy atom. The average Bonchev–Trinajstić information content (AvgIpc) is 2.33. The van der Waals surface area contributed by atoms with E-state index in [1.807, 2.05) is 12.1 Å². The third kappa shape index (κ3) is 3.15. The zero-order valence-electron chi connectivity index (χ0n) is 9.24. The second kappa shape index (κ2) is 5.94. The van der Waals surface area contributed by atoms with E-state index < -0.39 is 0 Å². The van der Waals surface area contributed by atoms with Gasteiger partial charge in [-0.15, -0.1) is 11.8 Å². The van der Waals surface area contributed by atoms with E-state index in [1.165, 1.54) is 11.3 Å². The summed E-state index contributed by atoms with van der Waals surface area (Å²) in [7, 11) is 0. The van der Waals surface area contributed by atoms with Gasteiger partial charge in [-0.2, -0.15) is 0 Å². The maximum atomic E-state index is 5.85. The first kappa shape index (κ1) is 12.3. The van der Waals surface area contributed by atoms with Gasteiger partial charge in [0.25, 0.3) is 0 Å². The second-order valence-corrected chi connectivity index (χ2v) is 5.44. The molecule has 1 unspecified atom stereocenters. The molecule has 0 amide bonds. The predicted molar refractivity (Wildman–Crippen MR) is 70.1 cm³/mol. The summed E-state index contributed by atoms with van der Waals surface area (Å²) >= 11 is 5.21. The number of benzene rings is 1. The Balaban J connectivity index is 2.06. The molecule has 4 heteroatoms. The number of rotatable bonds is 3. The van der Waals surface area contributed by atoms with Gasteiger partial charge in [0.05, 0.1) is 11.1 Å². The van der Waals surface area contributed by atoms with Crippen molar-refractivity contribution in [3.63, 3.8) is 0 Å². The second-order valence-electron chi connectivity index (χ2n) is 3.71. The van der Waals surface area contributed by atoms with Crippen molar-refractivity contribution in [1.82, 2.24) is 0 Å². The first-order valence-corrected chi connectivity index (χ1v) is 7.43. The molecule has 0 spiro atoms. The molecular weight excluding hydrogens is 288 g/mol. The Morgan fingerprint density at radius 1 is 1.44 bits per heavy atom. The number of thioether (sulfide) groups is 1. The Hall–Kier alpha value is -0.190. The highest BCUT2D eigenvalue weighted by Gasteiger charge is 2.16. The summed E-state index contributed by atoms with van der Waals surface area (Å²) in [6.07, 6.45) is 5.29. The Morgan fingerprint density at radius 2 is 2.31 bits per heavy atom. The van der Waals surface area contributed by atoms with Crippen molar-refractivity contribution in [1.29, 1.82) is 0 Å². The number of hydrogen-bond acceptors (Lipinski definition) is 3. The average molecular weight is 303 g/mol. The topological polar surface area (TPSA) is 18.5 Å². The van der Waals surface area contributed by atoms with Crippen LogP contribution in [0.3, 0.4) is 0 Å². The summed E-state index contributed by atoms with van der Waals surface area (Å²) in [5, 5.41) is 0. The van der Waals surface area contributed by atoms with E-state index in [1.54, 1.807) is 11.8 Å². The smallest absolute Gasteiger partial charge is 0.199 e. The molecule has 1 aromatic carbocycles. The van der Waals surface area contributed by atoms with Crippen molar-refractivity contribution in [2.24, 2.45) is 0 Å². The van der Waals surface area contributed by atoms with E-state index in [4.69, 9.17) is 9.47 Å². The molecule has 0 aliphatic carbocycles. The van der Waals surface area contributed by atoms with E-state index in [9.17, 15) is 0 Å². The summed E-state index contributed by atoms with van der Waals surface area (Å²) in [5.41, 5.74) is 0. The van der Waals surface area contributed by atoms with Crippen LogP contribution in [-0.4, -0.2) is 19.2 Å².